The van der Waals surface area contributed by atoms with E-state index in [0.717, 1.165) is 22.6 Å². The Morgan fingerprint density at radius 1 is 1.29 bits per heavy atom. The van der Waals surface area contributed by atoms with Gasteiger partial charge in [0.05, 0.1) is 10.7 Å². The summed E-state index contributed by atoms with van der Waals surface area (Å²) in [6, 6.07) is 6.52. The standard InChI is InChI=1S/C15H12Cl2FN3/c1-9-6-13-15(19-8-9)21(14(20-13)4-5-16)10-2-3-12(18)11(17)7-10/h2-3,6-8H,4-5H2,1H3. The molecule has 2 aromatic heterocycles. The summed E-state index contributed by atoms with van der Waals surface area (Å²) in [5, 5.41) is 0.0679. The van der Waals surface area contributed by atoms with Gasteiger partial charge in [-0.2, -0.15) is 0 Å². The Kier molecular flexibility index (Phi) is 3.83. The molecule has 2 heterocycles. The van der Waals surface area contributed by atoms with Crippen molar-refractivity contribution in [3.05, 3.63) is 52.7 Å². The summed E-state index contributed by atoms with van der Waals surface area (Å²) >= 11 is 11.7. The van der Waals surface area contributed by atoms with E-state index < -0.39 is 5.82 Å². The van der Waals surface area contributed by atoms with E-state index in [1.165, 1.54) is 6.07 Å². The van der Waals surface area contributed by atoms with Gasteiger partial charge in [-0.3, -0.25) is 4.57 Å². The van der Waals surface area contributed by atoms with Crippen molar-refractivity contribution in [1.29, 1.82) is 0 Å². The number of hydrogen-bond donors (Lipinski definition) is 0. The summed E-state index contributed by atoms with van der Waals surface area (Å²) in [5.41, 5.74) is 3.25. The fourth-order valence-electron chi connectivity index (χ4n) is 2.26. The second-order valence-corrected chi connectivity index (χ2v) is 5.54. The molecule has 0 N–H and O–H groups in total. The molecule has 1 aromatic carbocycles. The number of alkyl halides is 1. The largest absolute Gasteiger partial charge is 0.281 e. The number of aryl methyl sites for hydroxylation is 2. The van der Waals surface area contributed by atoms with Crippen LogP contribution in [0, 0.1) is 12.7 Å². The number of aromatic nitrogens is 3. The summed E-state index contributed by atoms with van der Waals surface area (Å²) in [5.74, 6) is 0.769. The molecule has 0 aliphatic carbocycles. The molecular formula is C15H12Cl2FN3. The maximum atomic E-state index is 13.4. The summed E-state index contributed by atoms with van der Waals surface area (Å²) in [6.07, 6.45) is 2.36. The van der Waals surface area contributed by atoms with Gasteiger partial charge in [0, 0.05) is 18.5 Å². The molecule has 0 aliphatic rings. The van der Waals surface area contributed by atoms with Crippen LogP contribution in [0.5, 0.6) is 0 Å². The van der Waals surface area contributed by atoms with Crippen molar-refractivity contribution in [3.63, 3.8) is 0 Å². The highest BCUT2D eigenvalue weighted by Crippen LogP contribution is 2.24. The SMILES string of the molecule is Cc1cnc2c(c1)nc(CCCl)n2-c1ccc(F)c(Cl)c1. The van der Waals surface area contributed by atoms with Gasteiger partial charge in [0.15, 0.2) is 5.65 Å². The summed E-state index contributed by atoms with van der Waals surface area (Å²) in [6.45, 7) is 1.96. The van der Waals surface area contributed by atoms with Gasteiger partial charge in [-0.15, -0.1) is 11.6 Å². The monoisotopic (exact) mass is 323 g/mol. The third kappa shape index (κ3) is 2.61. The molecule has 0 unspecified atom stereocenters. The van der Waals surface area contributed by atoms with Gasteiger partial charge in [-0.05, 0) is 36.8 Å². The molecule has 0 fully saturated rings. The first-order valence-corrected chi connectivity index (χ1v) is 7.37. The van der Waals surface area contributed by atoms with Crippen LogP contribution < -0.4 is 0 Å². The Labute approximate surface area is 131 Å². The highest BCUT2D eigenvalue weighted by atomic mass is 35.5. The van der Waals surface area contributed by atoms with E-state index in [1.807, 2.05) is 17.6 Å². The zero-order valence-corrected chi connectivity index (χ0v) is 12.8. The van der Waals surface area contributed by atoms with Gasteiger partial charge in [-0.1, -0.05) is 11.6 Å². The third-order valence-corrected chi connectivity index (χ3v) is 3.66. The number of halogens is 3. The number of pyridine rings is 1. The highest BCUT2D eigenvalue weighted by molar-refractivity contribution is 6.30. The molecule has 0 bridgehead atoms. The molecule has 0 saturated heterocycles. The van der Waals surface area contributed by atoms with Crippen molar-refractivity contribution in [2.45, 2.75) is 13.3 Å². The summed E-state index contributed by atoms with van der Waals surface area (Å²) in [7, 11) is 0. The molecule has 0 radical (unpaired) electrons. The van der Waals surface area contributed by atoms with E-state index in [-0.39, 0.29) is 5.02 Å². The first-order chi connectivity index (χ1) is 10.1. The van der Waals surface area contributed by atoms with Crippen molar-refractivity contribution in [2.75, 3.05) is 5.88 Å². The van der Waals surface area contributed by atoms with Gasteiger partial charge in [0.1, 0.15) is 17.2 Å². The number of imidazole rings is 1. The van der Waals surface area contributed by atoms with Crippen molar-refractivity contribution in [2.24, 2.45) is 0 Å². The van der Waals surface area contributed by atoms with Gasteiger partial charge in [0.25, 0.3) is 0 Å². The average Bonchev–Trinajstić information content (AvgIpc) is 2.79. The van der Waals surface area contributed by atoms with E-state index in [4.69, 9.17) is 23.2 Å². The van der Waals surface area contributed by atoms with E-state index in [0.29, 0.717) is 17.9 Å². The molecule has 3 aromatic rings. The van der Waals surface area contributed by atoms with Crippen molar-refractivity contribution < 1.29 is 4.39 Å². The van der Waals surface area contributed by atoms with Gasteiger partial charge < -0.3 is 0 Å². The fourth-order valence-corrected chi connectivity index (χ4v) is 2.60. The van der Waals surface area contributed by atoms with Crippen molar-refractivity contribution in [3.8, 4) is 5.69 Å². The Balaban J connectivity index is 2.27. The van der Waals surface area contributed by atoms with Gasteiger partial charge in [-0.25, -0.2) is 14.4 Å². The second kappa shape index (κ2) is 5.62. The smallest absolute Gasteiger partial charge is 0.164 e. The van der Waals surface area contributed by atoms with Crippen LogP contribution in [0.3, 0.4) is 0 Å². The predicted octanol–water partition coefficient (Wildman–Crippen LogP) is 4.30. The minimum Gasteiger partial charge on any atom is -0.281 e. The summed E-state index contributed by atoms with van der Waals surface area (Å²) < 4.78 is 15.2. The number of hydrogen-bond acceptors (Lipinski definition) is 2. The van der Waals surface area contributed by atoms with Crippen LogP contribution >= 0.6 is 23.2 Å². The molecular weight excluding hydrogens is 312 g/mol. The van der Waals surface area contributed by atoms with E-state index in [2.05, 4.69) is 9.97 Å². The Hall–Kier alpha value is -1.65. The van der Waals surface area contributed by atoms with E-state index in [1.54, 1.807) is 18.3 Å². The molecule has 6 heteroatoms. The maximum absolute atomic E-state index is 13.4. The first kappa shape index (κ1) is 14.3. The molecule has 108 valence electrons. The third-order valence-electron chi connectivity index (χ3n) is 3.18. The van der Waals surface area contributed by atoms with E-state index >= 15 is 0 Å². The quantitative estimate of drug-likeness (QED) is 0.673. The molecule has 0 spiro atoms. The zero-order chi connectivity index (χ0) is 15.0. The van der Waals surface area contributed by atoms with Gasteiger partial charge >= 0.3 is 0 Å². The normalized spacial score (nSPS) is 11.2. The lowest BCUT2D eigenvalue weighted by Gasteiger charge is -2.08. The van der Waals surface area contributed by atoms with Crippen LogP contribution in [0.15, 0.2) is 30.5 Å². The van der Waals surface area contributed by atoms with Crippen LogP contribution in [-0.4, -0.2) is 20.4 Å². The molecule has 0 saturated carbocycles. The Bertz CT molecular complexity index is 814. The highest BCUT2D eigenvalue weighted by Gasteiger charge is 2.14. The van der Waals surface area contributed by atoms with Crippen LogP contribution in [0.2, 0.25) is 5.02 Å². The second-order valence-electron chi connectivity index (χ2n) is 4.76. The van der Waals surface area contributed by atoms with E-state index in [9.17, 15) is 4.39 Å². The first-order valence-electron chi connectivity index (χ1n) is 6.45. The predicted molar refractivity (Wildman–Crippen MR) is 83.0 cm³/mol. The van der Waals surface area contributed by atoms with Crippen LogP contribution in [-0.2, 0) is 6.42 Å². The van der Waals surface area contributed by atoms with Crippen LogP contribution in [0.4, 0.5) is 4.39 Å². The molecule has 0 amide bonds. The van der Waals surface area contributed by atoms with Crippen molar-refractivity contribution >= 4 is 34.4 Å². The lowest BCUT2D eigenvalue weighted by atomic mass is 10.3. The Morgan fingerprint density at radius 2 is 2.10 bits per heavy atom. The molecule has 0 aliphatic heterocycles. The number of rotatable bonds is 3. The average molecular weight is 324 g/mol. The van der Waals surface area contributed by atoms with Gasteiger partial charge in [0.2, 0.25) is 0 Å². The lowest BCUT2D eigenvalue weighted by Crippen LogP contribution is -2.03. The Morgan fingerprint density at radius 3 is 2.81 bits per heavy atom. The number of fused-ring (bicyclic) bond motifs is 1. The fraction of sp³-hybridized carbons (Fsp3) is 0.200. The topological polar surface area (TPSA) is 30.7 Å². The molecule has 3 rings (SSSR count). The number of nitrogens with zero attached hydrogens (tertiary/aromatic N) is 3. The molecule has 0 atom stereocenters. The van der Waals surface area contributed by atoms with Crippen molar-refractivity contribution in [1.82, 2.24) is 14.5 Å². The number of benzene rings is 1. The van der Waals surface area contributed by atoms with Crippen LogP contribution in [0.1, 0.15) is 11.4 Å². The minimum absolute atomic E-state index is 0.0679. The molecule has 3 nitrogen and oxygen atoms in total. The lowest BCUT2D eigenvalue weighted by molar-refractivity contribution is 0.627. The zero-order valence-electron chi connectivity index (χ0n) is 11.3. The van der Waals surface area contributed by atoms with Crippen LogP contribution in [0.25, 0.3) is 16.9 Å². The maximum Gasteiger partial charge on any atom is 0.164 e. The molecule has 21 heavy (non-hydrogen) atoms. The minimum atomic E-state index is -0.451. The summed E-state index contributed by atoms with van der Waals surface area (Å²) in [4.78, 5) is 9.00.